The van der Waals surface area contributed by atoms with Gasteiger partial charge in [0.2, 0.25) is 0 Å². The number of benzene rings is 2. The van der Waals surface area contributed by atoms with E-state index in [0.717, 1.165) is 6.21 Å². The van der Waals surface area contributed by atoms with E-state index in [2.05, 4.69) is 5.10 Å². The second-order valence-electron chi connectivity index (χ2n) is 7.42. The molecule has 3 N–H and O–H groups in total. The van der Waals surface area contributed by atoms with E-state index in [1.807, 2.05) is 0 Å². The summed E-state index contributed by atoms with van der Waals surface area (Å²) in [6.07, 6.45) is -0.360. The second kappa shape index (κ2) is 8.44. The highest BCUT2D eigenvalue weighted by atomic mass is 19.1. The predicted molar refractivity (Wildman–Crippen MR) is 108 cm³/mol. The molecule has 2 atom stereocenters. The summed E-state index contributed by atoms with van der Waals surface area (Å²) in [5, 5.41) is 35.3. The number of nitrogens with zero attached hydrogens (tertiary/aromatic N) is 3. The van der Waals surface area contributed by atoms with E-state index in [1.54, 1.807) is 12.1 Å². The van der Waals surface area contributed by atoms with Gasteiger partial charge in [0, 0.05) is 19.0 Å². The first-order chi connectivity index (χ1) is 14.9. The minimum Gasteiger partial charge on any atom is -0.507 e. The minimum atomic E-state index is -1.45. The smallest absolute Gasteiger partial charge is 0.275 e. The third-order valence-corrected chi connectivity index (χ3v) is 5.47. The highest BCUT2D eigenvalue weighted by Gasteiger charge is 2.45. The van der Waals surface area contributed by atoms with Gasteiger partial charge in [0.1, 0.15) is 17.7 Å². The number of hydrazone groups is 1. The summed E-state index contributed by atoms with van der Waals surface area (Å²) in [4.78, 5) is 14.2. The van der Waals surface area contributed by atoms with Gasteiger partial charge in [0.15, 0.2) is 11.5 Å². The largest absolute Gasteiger partial charge is 0.507 e. The molecule has 2 aromatic rings. The first kappa shape index (κ1) is 21.0. The van der Waals surface area contributed by atoms with Gasteiger partial charge in [-0.05, 0) is 35.4 Å². The van der Waals surface area contributed by atoms with E-state index < -0.39 is 41.4 Å². The van der Waals surface area contributed by atoms with Crippen LogP contribution in [-0.2, 0) is 4.79 Å². The quantitative estimate of drug-likeness (QED) is 0.673. The lowest BCUT2D eigenvalue weighted by molar-refractivity contribution is -0.135. The van der Waals surface area contributed by atoms with Crippen LogP contribution in [0.2, 0.25) is 0 Å². The Hall–Kier alpha value is -3.30. The maximum atomic E-state index is 14.1. The number of rotatable bonds is 5. The fraction of sp³-hybridized carbons (Fsp3) is 0.273. The van der Waals surface area contributed by atoms with Crippen molar-refractivity contribution >= 4 is 12.1 Å². The van der Waals surface area contributed by atoms with E-state index in [9.17, 15) is 28.9 Å². The molecular weight excluding hydrogens is 408 g/mol. The monoisotopic (exact) mass is 429 g/mol. The van der Waals surface area contributed by atoms with Crippen LogP contribution in [0.15, 0.2) is 65.1 Å². The van der Waals surface area contributed by atoms with Crippen LogP contribution >= 0.6 is 0 Å². The number of halogens is 2. The van der Waals surface area contributed by atoms with Crippen molar-refractivity contribution in [3.8, 4) is 0 Å². The standard InChI is InChI=1S/C22H21F2N3O4/c23-15-5-1-3-13(9-15)19(14-4-2-6-16(24)10-14)17-12-26(7-8-28)22(31)20-21(30)18(29)11-25-27(17)20/h1-6,9-11,17-19,28-30H,7-8,12H2/t17-,18?/m1/s1. The number of aliphatic hydroxyl groups excluding tert-OH is 3. The molecule has 31 heavy (non-hydrogen) atoms. The first-order valence-electron chi connectivity index (χ1n) is 9.76. The normalized spacial score (nSPS) is 21.1. The molecule has 4 rings (SSSR count). The van der Waals surface area contributed by atoms with Gasteiger partial charge in [-0.1, -0.05) is 24.3 Å². The second-order valence-corrected chi connectivity index (χ2v) is 7.42. The van der Waals surface area contributed by atoms with Crippen LogP contribution in [0, 0.1) is 11.6 Å². The van der Waals surface area contributed by atoms with Crippen molar-refractivity contribution in [2.24, 2.45) is 5.10 Å². The number of β-amino-alcohol motifs (C(OH)–C–C–N with tert-alkyl or cyclic N) is 1. The molecule has 2 aliphatic rings. The Morgan fingerprint density at radius 2 is 1.71 bits per heavy atom. The molecule has 1 unspecified atom stereocenters. The van der Waals surface area contributed by atoms with E-state index in [-0.39, 0.29) is 25.4 Å². The van der Waals surface area contributed by atoms with Gasteiger partial charge in [-0.25, -0.2) is 8.78 Å². The summed E-state index contributed by atoms with van der Waals surface area (Å²) in [5.74, 6) is -2.76. The molecule has 2 aromatic carbocycles. The predicted octanol–water partition coefficient (Wildman–Crippen LogP) is 1.73. The number of piperazine rings is 1. The Kier molecular flexibility index (Phi) is 5.71. The molecule has 1 saturated heterocycles. The van der Waals surface area contributed by atoms with E-state index in [1.165, 1.54) is 46.3 Å². The van der Waals surface area contributed by atoms with Crippen molar-refractivity contribution < 1.29 is 28.9 Å². The number of carbonyl (C=O) groups excluding carboxylic acids is 1. The number of carbonyl (C=O) groups is 1. The summed E-state index contributed by atoms with van der Waals surface area (Å²) in [6.45, 7) is -0.261. The van der Waals surface area contributed by atoms with Gasteiger partial charge in [0.05, 0.1) is 18.9 Å². The zero-order valence-electron chi connectivity index (χ0n) is 16.4. The van der Waals surface area contributed by atoms with Crippen molar-refractivity contribution in [2.75, 3.05) is 19.7 Å². The van der Waals surface area contributed by atoms with Crippen LogP contribution in [0.1, 0.15) is 17.0 Å². The molecule has 0 radical (unpaired) electrons. The summed E-state index contributed by atoms with van der Waals surface area (Å²) in [5.41, 5.74) is 0.820. The molecule has 0 spiro atoms. The molecule has 1 fully saturated rings. The lowest BCUT2D eigenvalue weighted by Crippen LogP contribution is -2.57. The number of hydrogen-bond acceptors (Lipinski definition) is 6. The van der Waals surface area contributed by atoms with Crippen molar-refractivity contribution in [1.29, 1.82) is 0 Å². The van der Waals surface area contributed by atoms with Crippen LogP contribution < -0.4 is 0 Å². The van der Waals surface area contributed by atoms with Crippen LogP contribution in [0.3, 0.4) is 0 Å². The zero-order valence-corrected chi connectivity index (χ0v) is 16.4. The minimum absolute atomic E-state index is 0.0151. The molecule has 2 heterocycles. The molecule has 162 valence electrons. The van der Waals surface area contributed by atoms with Crippen molar-refractivity contribution in [3.05, 3.63) is 82.7 Å². The number of fused-ring (bicyclic) bond motifs is 1. The van der Waals surface area contributed by atoms with Crippen molar-refractivity contribution in [1.82, 2.24) is 9.91 Å². The summed E-state index contributed by atoms with van der Waals surface area (Å²) >= 11 is 0. The summed E-state index contributed by atoms with van der Waals surface area (Å²) < 4.78 is 28.2. The molecule has 7 nitrogen and oxygen atoms in total. The average molecular weight is 429 g/mol. The highest BCUT2D eigenvalue weighted by Crippen LogP contribution is 2.38. The maximum Gasteiger partial charge on any atom is 0.275 e. The molecule has 2 aliphatic heterocycles. The van der Waals surface area contributed by atoms with E-state index in [4.69, 9.17) is 0 Å². The molecule has 0 aliphatic carbocycles. The molecule has 0 bridgehead atoms. The van der Waals surface area contributed by atoms with Crippen LogP contribution in [0.4, 0.5) is 8.78 Å². The maximum absolute atomic E-state index is 14.1. The Morgan fingerprint density at radius 1 is 1.10 bits per heavy atom. The third-order valence-electron chi connectivity index (χ3n) is 5.47. The van der Waals surface area contributed by atoms with E-state index in [0.29, 0.717) is 11.1 Å². The van der Waals surface area contributed by atoms with Gasteiger partial charge in [-0.15, -0.1) is 0 Å². The van der Waals surface area contributed by atoms with Gasteiger partial charge >= 0.3 is 0 Å². The van der Waals surface area contributed by atoms with Crippen LogP contribution in [0.25, 0.3) is 0 Å². The lowest BCUT2D eigenvalue weighted by atomic mass is 9.83. The van der Waals surface area contributed by atoms with E-state index >= 15 is 0 Å². The molecule has 0 saturated carbocycles. The highest BCUT2D eigenvalue weighted by molar-refractivity contribution is 5.96. The zero-order chi connectivity index (χ0) is 22.1. The average Bonchev–Trinajstić information content (AvgIpc) is 2.74. The number of amides is 1. The molecule has 0 aromatic heterocycles. The van der Waals surface area contributed by atoms with Gasteiger partial charge in [-0.3, -0.25) is 9.80 Å². The topological polar surface area (TPSA) is 96.6 Å². The molecular formula is C22H21F2N3O4. The Morgan fingerprint density at radius 3 is 2.26 bits per heavy atom. The Balaban J connectivity index is 1.88. The fourth-order valence-electron chi connectivity index (χ4n) is 4.11. The summed E-state index contributed by atoms with van der Waals surface area (Å²) in [7, 11) is 0. The van der Waals surface area contributed by atoms with Gasteiger partial charge in [0.25, 0.3) is 5.91 Å². The van der Waals surface area contributed by atoms with Crippen molar-refractivity contribution in [2.45, 2.75) is 18.1 Å². The third kappa shape index (κ3) is 3.89. The number of hydrogen-bond donors (Lipinski definition) is 3. The number of aliphatic hydroxyl groups is 3. The fourth-order valence-corrected chi connectivity index (χ4v) is 4.11. The van der Waals surface area contributed by atoms with Crippen LogP contribution in [-0.4, -0.2) is 69.2 Å². The van der Waals surface area contributed by atoms with Gasteiger partial charge in [-0.2, -0.15) is 5.10 Å². The Bertz CT molecular complexity index is 1010. The molecule has 1 amide bonds. The summed E-state index contributed by atoms with van der Waals surface area (Å²) in [6, 6.07) is 11.0. The lowest BCUT2D eigenvalue weighted by Gasteiger charge is -2.45. The molecule has 9 heteroatoms. The van der Waals surface area contributed by atoms with Gasteiger partial charge < -0.3 is 20.2 Å². The van der Waals surface area contributed by atoms with Crippen molar-refractivity contribution in [3.63, 3.8) is 0 Å². The first-order valence-corrected chi connectivity index (χ1v) is 9.76. The Labute approximate surface area is 177 Å². The van der Waals surface area contributed by atoms with Crippen LogP contribution in [0.5, 0.6) is 0 Å². The SMILES string of the molecule is O=C1C2=C(O)C(O)C=NN2[C@@H](C(c2cccc(F)c2)c2cccc(F)c2)CN1CCO.